The molecule has 0 aromatic heterocycles. The Morgan fingerprint density at radius 2 is 1.36 bits per heavy atom. The van der Waals surface area contributed by atoms with Gasteiger partial charge in [-0.3, -0.25) is 18.9 Å². The molecular weight excluding hydrogens is 725 g/mol. The Labute approximate surface area is 333 Å². The van der Waals surface area contributed by atoms with Gasteiger partial charge in [-0.15, -0.1) is 0 Å². The number of ketones is 1. The molecule has 0 bridgehead atoms. The summed E-state index contributed by atoms with van der Waals surface area (Å²) in [4.78, 5) is 50.1. The number of rotatable bonds is 35. The first kappa shape index (κ1) is 51.4. The Kier molecular flexibility index (Phi) is 28.4. The fraction of sp³-hybridized carbons (Fsp3) is 0.881. The molecule has 0 amide bonds. The average Bonchev–Trinajstić information content (AvgIpc) is 3.39. The molecular formula is C42H78NO11P. The number of aliphatic hydroxyl groups excluding tert-OH is 2. The van der Waals surface area contributed by atoms with Crippen molar-refractivity contribution in [1.82, 2.24) is 0 Å². The lowest BCUT2D eigenvalue weighted by Gasteiger charge is -2.28. The van der Waals surface area contributed by atoms with Gasteiger partial charge in [0.15, 0.2) is 6.10 Å². The number of nitrogens with zero attached hydrogens (tertiary/aromatic N) is 1. The lowest BCUT2D eigenvalue weighted by molar-refractivity contribution is -0.870. The summed E-state index contributed by atoms with van der Waals surface area (Å²) in [5, 5.41) is 20.8. The topological polar surface area (TPSA) is 169 Å². The molecule has 322 valence electrons. The van der Waals surface area contributed by atoms with Crippen LogP contribution in [-0.2, 0) is 37.5 Å². The molecule has 6 atom stereocenters. The molecule has 55 heavy (non-hydrogen) atoms. The number of unbranched alkanes of at least 4 members (excludes halogenated alkanes) is 15. The van der Waals surface area contributed by atoms with Crippen LogP contribution < -0.4 is 4.89 Å². The molecule has 0 saturated heterocycles. The number of esters is 2. The highest BCUT2D eigenvalue weighted by Gasteiger charge is 2.39. The number of carbonyl (C=O) groups is 3. The van der Waals surface area contributed by atoms with E-state index in [0.717, 1.165) is 57.8 Å². The summed E-state index contributed by atoms with van der Waals surface area (Å²) in [5.74, 6) is -1.55. The van der Waals surface area contributed by atoms with E-state index in [1.807, 2.05) is 21.1 Å². The SMILES string of the molecule is CCCCCCCCCCCCCC(=O)O[C@H](COC(=O)CCCCCC[C@H]1[C@@H](O)CC(=O)[C@@H]1/C=C/[C@@H](O)CCCCC)COP(=O)([O-])OCC[N+](C)(C)C. The molecule has 13 heteroatoms. The van der Waals surface area contributed by atoms with Gasteiger partial charge in [0.05, 0.1) is 40.0 Å². The summed E-state index contributed by atoms with van der Waals surface area (Å²) in [6.07, 6.45) is 21.5. The molecule has 0 heterocycles. The van der Waals surface area contributed by atoms with Gasteiger partial charge in [-0.1, -0.05) is 129 Å². The number of ether oxygens (including phenoxy) is 2. The second-order valence-electron chi connectivity index (χ2n) is 16.5. The Morgan fingerprint density at radius 1 is 0.818 bits per heavy atom. The molecule has 1 aliphatic carbocycles. The van der Waals surface area contributed by atoms with Crippen LogP contribution in [0.3, 0.4) is 0 Å². The van der Waals surface area contributed by atoms with Crippen molar-refractivity contribution in [3.05, 3.63) is 12.2 Å². The van der Waals surface area contributed by atoms with Crippen LogP contribution in [0, 0.1) is 11.8 Å². The molecule has 0 aliphatic heterocycles. The van der Waals surface area contributed by atoms with Crippen molar-refractivity contribution in [1.29, 1.82) is 0 Å². The van der Waals surface area contributed by atoms with Crippen LogP contribution in [0.1, 0.15) is 162 Å². The molecule has 0 spiro atoms. The van der Waals surface area contributed by atoms with Crippen molar-refractivity contribution in [2.75, 3.05) is 47.5 Å². The minimum Gasteiger partial charge on any atom is -0.756 e. The highest BCUT2D eigenvalue weighted by Crippen LogP contribution is 2.38. The molecule has 1 aliphatic rings. The molecule has 1 saturated carbocycles. The van der Waals surface area contributed by atoms with Crippen LogP contribution in [0.25, 0.3) is 0 Å². The summed E-state index contributed by atoms with van der Waals surface area (Å²) in [6, 6.07) is 0. The van der Waals surface area contributed by atoms with Gasteiger partial charge >= 0.3 is 11.9 Å². The summed E-state index contributed by atoms with van der Waals surface area (Å²) < 4.78 is 33.8. The minimum atomic E-state index is -4.67. The van der Waals surface area contributed by atoms with Gasteiger partial charge in [-0.05, 0) is 31.6 Å². The third kappa shape index (κ3) is 27.6. The maximum absolute atomic E-state index is 12.7. The molecule has 0 radical (unpaired) electrons. The molecule has 1 fully saturated rings. The zero-order chi connectivity index (χ0) is 41.0. The van der Waals surface area contributed by atoms with E-state index in [1.54, 1.807) is 12.2 Å². The molecule has 12 nitrogen and oxygen atoms in total. The largest absolute Gasteiger partial charge is 0.756 e. The van der Waals surface area contributed by atoms with Crippen LogP contribution in [0.5, 0.6) is 0 Å². The maximum Gasteiger partial charge on any atom is 0.306 e. The van der Waals surface area contributed by atoms with E-state index in [1.165, 1.54) is 44.9 Å². The smallest absolute Gasteiger partial charge is 0.306 e. The van der Waals surface area contributed by atoms with Gasteiger partial charge < -0.3 is 38.1 Å². The van der Waals surface area contributed by atoms with Gasteiger partial charge in [0.25, 0.3) is 7.82 Å². The number of aliphatic hydroxyl groups is 2. The zero-order valence-electron chi connectivity index (χ0n) is 35.1. The lowest BCUT2D eigenvalue weighted by atomic mass is 9.88. The fourth-order valence-electron chi connectivity index (χ4n) is 6.74. The Bertz CT molecular complexity index is 1110. The third-order valence-electron chi connectivity index (χ3n) is 10.2. The van der Waals surface area contributed by atoms with Crippen LogP contribution in [0.15, 0.2) is 12.2 Å². The lowest BCUT2D eigenvalue weighted by Crippen LogP contribution is -2.37. The monoisotopic (exact) mass is 804 g/mol. The van der Waals surface area contributed by atoms with Crippen molar-refractivity contribution in [2.24, 2.45) is 11.8 Å². The Morgan fingerprint density at radius 3 is 1.96 bits per heavy atom. The van der Waals surface area contributed by atoms with E-state index >= 15 is 0 Å². The Balaban J connectivity index is 2.48. The first-order valence-corrected chi connectivity index (χ1v) is 23.0. The number of phosphoric ester groups is 1. The van der Waals surface area contributed by atoms with E-state index in [2.05, 4.69) is 13.8 Å². The number of carbonyl (C=O) groups excluding carboxylic acids is 3. The standard InChI is InChI=1S/C42H78NO11P/c1-6-8-10-11-12-13-14-15-16-17-23-27-42(48)54-36(34-53-55(49,50)52-31-30-43(3,4)5)33-51-41(47)26-22-19-18-21-25-37-38(40(46)32-39(37)45)29-28-35(44)24-20-9-7-2/h28-29,35-39,44-45H,6-27,30-34H2,1-5H3/b29-28+/t35-,36+,37+,38+,39-/m0/s1. The third-order valence-corrected chi connectivity index (χ3v) is 11.2. The van der Waals surface area contributed by atoms with Crippen LogP contribution in [0.4, 0.5) is 0 Å². The maximum atomic E-state index is 12.7. The van der Waals surface area contributed by atoms with Crippen molar-refractivity contribution in [3.63, 3.8) is 0 Å². The minimum absolute atomic E-state index is 0.00572. The van der Waals surface area contributed by atoms with Gasteiger partial charge in [0, 0.05) is 25.2 Å². The number of hydrogen-bond donors (Lipinski definition) is 2. The molecule has 0 aromatic rings. The highest BCUT2D eigenvalue weighted by atomic mass is 31.2. The summed E-state index contributed by atoms with van der Waals surface area (Å²) >= 11 is 0. The van der Waals surface area contributed by atoms with Crippen molar-refractivity contribution >= 4 is 25.5 Å². The molecule has 1 unspecified atom stereocenters. The van der Waals surface area contributed by atoms with E-state index in [0.29, 0.717) is 36.7 Å². The summed E-state index contributed by atoms with van der Waals surface area (Å²) in [7, 11) is 1.04. The van der Waals surface area contributed by atoms with Crippen molar-refractivity contribution < 1.29 is 57.1 Å². The van der Waals surface area contributed by atoms with Crippen molar-refractivity contribution in [3.8, 4) is 0 Å². The van der Waals surface area contributed by atoms with E-state index in [-0.39, 0.29) is 50.1 Å². The van der Waals surface area contributed by atoms with E-state index in [9.17, 15) is 34.1 Å². The summed E-state index contributed by atoms with van der Waals surface area (Å²) in [6.45, 7) is 3.84. The number of hydrogen-bond acceptors (Lipinski definition) is 11. The predicted molar refractivity (Wildman–Crippen MR) is 214 cm³/mol. The van der Waals surface area contributed by atoms with Crippen molar-refractivity contribution in [2.45, 2.75) is 180 Å². The number of quaternary nitrogens is 1. The van der Waals surface area contributed by atoms with Gasteiger partial charge in [-0.25, -0.2) is 0 Å². The molecule has 2 N–H and O–H groups in total. The predicted octanol–water partition coefficient (Wildman–Crippen LogP) is 7.75. The summed E-state index contributed by atoms with van der Waals surface area (Å²) in [5.41, 5.74) is 0. The van der Waals surface area contributed by atoms with E-state index < -0.39 is 44.7 Å². The number of allylic oxidation sites excluding steroid dienone is 1. The van der Waals surface area contributed by atoms with Gasteiger partial charge in [0.1, 0.15) is 25.5 Å². The number of phosphoric acid groups is 1. The molecule has 0 aromatic carbocycles. The fourth-order valence-corrected chi connectivity index (χ4v) is 7.46. The second kappa shape index (κ2) is 30.4. The normalized spacial score (nSPS) is 19.8. The van der Waals surface area contributed by atoms with Gasteiger partial charge in [-0.2, -0.15) is 0 Å². The molecule has 1 rings (SSSR count). The highest BCUT2D eigenvalue weighted by molar-refractivity contribution is 7.45. The number of Topliss-reactive ketones (excluding diaryl/α,β-unsaturated/α-hetero) is 1. The average molecular weight is 804 g/mol. The first-order valence-electron chi connectivity index (χ1n) is 21.5. The van der Waals surface area contributed by atoms with Crippen LogP contribution in [-0.4, -0.2) is 98.2 Å². The Hall–Kier alpha value is -1.66. The zero-order valence-corrected chi connectivity index (χ0v) is 36.0. The van der Waals surface area contributed by atoms with E-state index in [4.69, 9.17) is 18.5 Å². The first-order chi connectivity index (χ1) is 26.2. The van der Waals surface area contributed by atoms with Crippen LogP contribution >= 0.6 is 7.82 Å². The number of likely N-dealkylation sites (N-methyl/N-ethyl adjacent to an activating group) is 1. The van der Waals surface area contributed by atoms with Crippen LogP contribution in [0.2, 0.25) is 0 Å². The van der Waals surface area contributed by atoms with Gasteiger partial charge in [0.2, 0.25) is 0 Å². The quantitative estimate of drug-likeness (QED) is 0.0211. The second-order valence-corrected chi connectivity index (χ2v) is 17.9.